The molecule has 0 bridgehead atoms. The Bertz CT molecular complexity index is 61.2. The molecule has 1 atom stereocenters. The van der Waals surface area contributed by atoms with Crippen molar-refractivity contribution < 1.29 is 15.0 Å². The van der Waals surface area contributed by atoms with E-state index in [0.717, 1.165) is 0 Å². The van der Waals surface area contributed by atoms with Gasteiger partial charge in [-0.05, 0) is 6.92 Å². The molecule has 0 spiro atoms. The van der Waals surface area contributed by atoms with Crippen LogP contribution in [0, 0.1) is 0 Å². The molecule has 2 N–H and O–H groups in total. The van der Waals surface area contributed by atoms with Crippen molar-refractivity contribution in [2.75, 3.05) is 0 Å². The molecular formula is C3H9BiO3. The van der Waals surface area contributed by atoms with Crippen LogP contribution < -0.4 is 0 Å². The molecule has 0 aromatic carbocycles. The molecule has 7 heavy (non-hydrogen) atoms. The molecule has 0 saturated carbocycles. The van der Waals surface area contributed by atoms with Crippen LogP contribution in [-0.2, 0) is 4.79 Å². The Balaban J connectivity index is 0. The Hall–Kier alpha value is 0.313. The standard InChI is InChI=1S/C3H6O3.Bi.3H/c1-2(4)3(5)6;;;;/h2,4H,1H3,(H,5,6);;;;. The molecule has 0 aliphatic heterocycles. The van der Waals surface area contributed by atoms with Crippen molar-refractivity contribution in [3.05, 3.63) is 0 Å². The molecule has 0 aromatic rings. The van der Waals surface area contributed by atoms with Crippen LogP contribution in [0.4, 0.5) is 0 Å². The van der Waals surface area contributed by atoms with Crippen molar-refractivity contribution in [2.24, 2.45) is 0 Å². The number of aliphatic hydroxyl groups is 1. The molecule has 0 saturated heterocycles. The van der Waals surface area contributed by atoms with Gasteiger partial charge in [-0.15, -0.1) is 0 Å². The first-order valence-electron chi connectivity index (χ1n) is 1.55. The summed E-state index contributed by atoms with van der Waals surface area (Å²) in [4.78, 5) is 9.45. The molecule has 0 fully saturated rings. The van der Waals surface area contributed by atoms with Crippen LogP contribution in [0.1, 0.15) is 6.92 Å². The number of aliphatic carboxylic acids is 1. The van der Waals surface area contributed by atoms with Gasteiger partial charge in [-0.1, -0.05) is 0 Å². The summed E-state index contributed by atoms with van der Waals surface area (Å²) < 4.78 is 0. The normalized spacial score (nSPS) is 11.7. The van der Waals surface area contributed by atoms with Crippen LogP contribution in [0.3, 0.4) is 0 Å². The number of carbonyl (C=O) groups is 1. The van der Waals surface area contributed by atoms with Gasteiger partial charge in [-0.25, -0.2) is 4.79 Å². The molecule has 44 valence electrons. The first-order valence-corrected chi connectivity index (χ1v) is 1.55. The zero-order chi connectivity index (χ0) is 5.15. The Morgan fingerprint density at radius 1 is 1.71 bits per heavy atom. The van der Waals surface area contributed by atoms with E-state index in [-0.39, 0.29) is 26.2 Å². The number of hydrogen-bond donors (Lipinski definition) is 2. The molecule has 0 aromatic heterocycles. The van der Waals surface area contributed by atoms with E-state index in [1.165, 1.54) is 6.92 Å². The van der Waals surface area contributed by atoms with Crippen molar-refractivity contribution in [1.82, 2.24) is 0 Å². The van der Waals surface area contributed by atoms with Gasteiger partial charge in [0.1, 0.15) is 6.10 Å². The third kappa shape index (κ3) is 6.31. The summed E-state index contributed by atoms with van der Waals surface area (Å²) in [5.41, 5.74) is 0. The Morgan fingerprint density at radius 2 is 1.86 bits per heavy atom. The topological polar surface area (TPSA) is 57.5 Å². The first kappa shape index (κ1) is 10.3. The fourth-order valence-electron chi connectivity index (χ4n) is 0. The van der Waals surface area contributed by atoms with Gasteiger partial charge in [-0.3, -0.25) is 0 Å². The maximum absolute atomic E-state index is 9.45. The SMILES string of the molecule is CC(O)C(=O)O.[BiH3]. The molecule has 0 rings (SSSR count). The summed E-state index contributed by atoms with van der Waals surface area (Å²) >= 11 is 0. The summed E-state index contributed by atoms with van der Waals surface area (Å²) in [5.74, 6) is -1.19. The van der Waals surface area contributed by atoms with Gasteiger partial charge in [0.25, 0.3) is 0 Å². The summed E-state index contributed by atoms with van der Waals surface area (Å²) in [7, 11) is 0. The number of carboxylic acids is 1. The van der Waals surface area contributed by atoms with Gasteiger partial charge < -0.3 is 10.2 Å². The minimum absolute atomic E-state index is 0. The fourth-order valence-corrected chi connectivity index (χ4v) is 0. The van der Waals surface area contributed by atoms with Crippen molar-refractivity contribution in [1.29, 1.82) is 0 Å². The van der Waals surface area contributed by atoms with Gasteiger partial charge >= 0.3 is 32.2 Å². The second-order valence-electron chi connectivity index (χ2n) is 1.01. The monoisotopic (exact) mass is 302 g/mol. The van der Waals surface area contributed by atoms with E-state index in [1.807, 2.05) is 0 Å². The van der Waals surface area contributed by atoms with Gasteiger partial charge in [0.05, 0.1) is 0 Å². The predicted octanol–water partition coefficient (Wildman–Crippen LogP) is -1.73. The van der Waals surface area contributed by atoms with E-state index in [4.69, 9.17) is 10.2 Å². The molecule has 0 aliphatic rings. The number of aliphatic hydroxyl groups excluding tert-OH is 1. The van der Waals surface area contributed by atoms with E-state index in [1.54, 1.807) is 0 Å². The summed E-state index contributed by atoms with van der Waals surface area (Å²) in [6.45, 7) is 1.20. The van der Waals surface area contributed by atoms with Crippen LogP contribution in [0.2, 0.25) is 0 Å². The number of carboxylic acid groups (broad SMARTS) is 1. The van der Waals surface area contributed by atoms with E-state index in [0.29, 0.717) is 0 Å². The number of hydrogen-bond acceptors (Lipinski definition) is 2. The third-order valence-electron chi connectivity index (χ3n) is 0.357. The Kier molecular flexibility index (Phi) is 6.60. The molecule has 0 radical (unpaired) electrons. The average molecular weight is 302 g/mol. The second-order valence-corrected chi connectivity index (χ2v) is 1.01. The van der Waals surface area contributed by atoms with E-state index in [9.17, 15) is 4.79 Å². The van der Waals surface area contributed by atoms with Crippen LogP contribution >= 0.6 is 0 Å². The van der Waals surface area contributed by atoms with Crippen LogP contribution in [-0.4, -0.2) is 48.5 Å². The third-order valence-corrected chi connectivity index (χ3v) is 0.357. The maximum atomic E-state index is 9.45. The van der Waals surface area contributed by atoms with Crippen molar-refractivity contribution in [3.8, 4) is 0 Å². The Labute approximate surface area is 60.5 Å². The average Bonchev–Trinajstić information content (AvgIpc) is 1.36. The molecular weight excluding hydrogens is 293 g/mol. The summed E-state index contributed by atoms with van der Waals surface area (Å²) in [5, 5.41) is 15.8. The van der Waals surface area contributed by atoms with E-state index in [2.05, 4.69) is 0 Å². The van der Waals surface area contributed by atoms with Crippen LogP contribution in [0.25, 0.3) is 0 Å². The summed E-state index contributed by atoms with van der Waals surface area (Å²) in [6.07, 6.45) is -1.23. The predicted molar refractivity (Wildman–Crippen MR) is 29.3 cm³/mol. The number of rotatable bonds is 1. The van der Waals surface area contributed by atoms with Gasteiger partial charge in [0.15, 0.2) is 0 Å². The first-order chi connectivity index (χ1) is 2.64. The Morgan fingerprint density at radius 3 is 1.86 bits per heavy atom. The van der Waals surface area contributed by atoms with Crippen molar-refractivity contribution in [2.45, 2.75) is 13.0 Å². The minimum atomic E-state index is -1.23. The summed E-state index contributed by atoms with van der Waals surface area (Å²) in [6, 6.07) is 0. The zero-order valence-electron chi connectivity index (χ0n) is 4.09. The van der Waals surface area contributed by atoms with Gasteiger partial charge in [0.2, 0.25) is 0 Å². The van der Waals surface area contributed by atoms with Crippen LogP contribution in [0.5, 0.6) is 0 Å². The fraction of sp³-hybridized carbons (Fsp3) is 0.667. The molecule has 0 heterocycles. The molecule has 0 aliphatic carbocycles. The van der Waals surface area contributed by atoms with E-state index >= 15 is 0 Å². The van der Waals surface area contributed by atoms with Gasteiger partial charge in [0, 0.05) is 0 Å². The zero-order valence-corrected chi connectivity index (χ0v) is 9.58. The van der Waals surface area contributed by atoms with Crippen molar-refractivity contribution in [3.63, 3.8) is 0 Å². The van der Waals surface area contributed by atoms with E-state index < -0.39 is 12.1 Å². The van der Waals surface area contributed by atoms with Crippen LogP contribution in [0.15, 0.2) is 0 Å². The van der Waals surface area contributed by atoms with Gasteiger partial charge in [-0.2, -0.15) is 0 Å². The molecule has 3 nitrogen and oxygen atoms in total. The quantitative estimate of drug-likeness (QED) is 0.566. The molecule has 4 heteroatoms. The molecule has 1 unspecified atom stereocenters. The molecule has 0 amide bonds. The second kappa shape index (κ2) is 4.47. The van der Waals surface area contributed by atoms with Crippen molar-refractivity contribution >= 4 is 32.2 Å².